The number of carbonyl (C=O) groups is 2. The maximum absolute atomic E-state index is 12.9. The third-order valence-electron chi connectivity index (χ3n) is 5.36. The van der Waals surface area contributed by atoms with Crippen LogP contribution in [-0.2, 0) is 4.79 Å². The Morgan fingerprint density at radius 3 is 2.15 bits per heavy atom. The molecule has 7 heteroatoms. The molecule has 0 aliphatic carbocycles. The van der Waals surface area contributed by atoms with Crippen LogP contribution in [0.4, 0.5) is 17.1 Å². The summed E-state index contributed by atoms with van der Waals surface area (Å²) in [7, 11) is 0. The van der Waals surface area contributed by atoms with Crippen molar-refractivity contribution in [3.05, 3.63) is 83.4 Å². The lowest BCUT2D eigenvalue weighted by Gasteiger charge is -2.16. The maximum atomic E-state index is 12.9. The predicted octanol–water partition coefficient (Wildman–Crippen LogP) is 6.82. The Balaban J connectivity index is 1.60. The number of anilines is 3. The molecule has 3 aromatic carbocycles. The van der Waals surface area contributed by atoms with Gasteiger partial charge in [0.25, 0.3) is 0 Å². The van der Waals surface area contributed by atoms with E-state index in [4.69, 9.17) is 12.2 Å². The van der Waals surface area contributed by atoms with E-state index in [0.29, 0.717) is 17.1 Å². The van der Waals surface area contributed by atoms with Gasteiger partial charge in [-0.2, -0.15) is 0 Å². The molecule has 0 saturated heterocycles. The second-order valence-corrected chi connectivity index (χ2v) is 9.73. The molecule has 3 aromatic rings. The molecule has 0 aliphatic heterocycles. The van der Waals surface area contributed by atoms with Gasteiger partial charge in [-0.25, -0.2) is 0 Å². The summed E-state index contributed by atoms with van der Waals surface area (Å²) in [6.07, 6.45) is 0.704. The number of aryl methyl sites for hydroxylation is 2. The second-order valence-electron chi connectivity index (χ2n) is 8.04. The second kappa shape index (κ2) is 11.8. The van der Waals surface area contributed by atoms with Crippen molar-refractivity contribution in [3.8, 4) is 0 Å². The Morgan fingerprint density at radius 2 is 1.50 bits per heavy atom. The van der Waals surface area contributed by atoms with E-state index in [9.17, 15) is 9.59 Å². The number of carbonyl (C=O) groups excluding carboxylic acids is 2. The summed E-state index contributed by atoms with van der Waals surface area (Å²) in [5.41, 5.74) is 5.44. The van der Waals surface area contributed by atoms with Crippen LogP contribution in [0.1, 0.15) is 41.8 Å². The first kappa shape index (κ1) is 25.5. The third-order valence-corrected chi connectivity index (χ3v) is 6.92. The summed E-state index contributed by atoms with van der Waals surface area (Å²) in [6.45, 7) is 7.64. The van der Waals surface area contributed by atoms with Crippen LogP contribution in [-0.4, -0.2) is 22.1 Å². The molecule has 1 unspecified atom stereocenters. The molecule has 0 bridgehead atoms. The molecule has 0 radical (unpaired) electrons. The minimum absolute atomic E-state index is 0.0136. The van der Waals surface area contributed by atoms with Gasteiger partial charge in [-0.15, -0.1) is 11.8 Å². The van der Waals surface area contributed by atoms with Crippen LogP contribution in [0.15, 0.2) is 71.6 Å². The van der Waals surface area contributed by atoms with Crippen molar-refractivity contribution >= 4 is 57.8 Å². The quantitative estimate of drug-likeness (QED) is 0.182. The highest BCUT2D eigenvalue weighted by molar-refractivity contribution is 8.00. The topological polar surface area (TPSA) is 70.2 Å². The van der Waals surface area contributed by atoms with E-state index < -0.39 is 0 Å². The maximum Gasteiger partial charge on any atom is 0.237 e. The van der Waals surface area contributed by atoms with Crippen LogP contribution < -0.4 is 16.0 Å². The first-order valence-corrected chi connectivity index (χ1v) is 12.4. The first-order chi connectivity index (χ1) is 16.2. The molecule has 176 valence electrons. The van der Waals surface area contributed by atoms with E-state index in [1.165, 1.54) is 24.2 Å². The molecule has 0 aliphatic rings. The number of thioether (sulfide) groups is 1. The van der Waals surface area contributed by atoms with Crippen molar-refractivity contribution in [1.82, 2.24) is 0 Å². The Bertz CT molecular complexity index is 1190. The third kappa shape index (κ3) is 7.17. The SMILES string of the molecule is CCC(Sc1cccc(NC(=S)Nc2ccc(C(C)=O)cc2)c1)C(=O)Nc1ccc(C)c(C)c1. The van der Waals surface area contributed by atoms with Gasteiger partial charge in [0.15, 0.2) is 10.9 Å². The molecule has 0 spiro atoms. The zero-order valence-electron chi connectivity index (χ0n) is 19.8. The molecule has 3 N–H and O–H groups in total. The first-order valence-electron chi connectivity index (χ1n) is 11.1. The fourth-order valence-electron chi connectivity index (χ4n) is 3.26. The van der Waals surface area contributed by atoms with Crippen LogP contribution in [0.5, 0.6) is 0 Å². The van der Waals surface area contributed by atoms with Gasteiger partial charge in [0.05, 0.1) is 5.25 Å². The summed E-state index contributed by atoms with van der Waals surface area (Å²) in [5.74, 6) is 0.00919. The van der Waals surface area contributed by atoms with Crippen LogP contribution >= 0.6 is 24.0 Å². The lowest BCUT2D eigenvalue weighted by atomic mass is 10.1. The average Bonchev–Trinajstić information content (AvgIpc) is 2.80. The van der Waals surface area contributed by atoms with Crippen molar-refractivity contribution in [1.29, 1.82) is 0 Å². The molecular weight excluding hydrogens is 462 g/mol. The number of hydrogen-bond donors (Lipinski definition) is 3. The normalized spacial score (nSPS) is 11.4. The molecule has 0 heterocycles. The fourth-order valence-corrected chi connectivity index (χ4v) is 4.51. The zero-order valence-corrected chi connectivity index (χ0v) is 21.4. The van der Waals surface area contributed by atoms with E-state index in [0.717, 1.165) is 27.5 Å². The van der Waals surface area contributed by atoms with Gasteiger partial charge >= 0.3 is 0 Å². The van der Waals surface area contributed by atoms with Gasteiger partial charge in [0.2, 0.25) is 5.91 Å². The van der Waals surface area contributed by atoms with Crippen LogP contribution in [0.2, 0.25) is 0 Å². The summed E-state index contributed by atoms with van der Waals surface area (Å²) >= 11 is 6.96. The molecule has 0 fully saturated rings. The Labute approximate surface area is 210 Å². The highest BCUT2D eigenvalue weighted by atomic mass is 32.2. The van der Waals surface area contributed by atoms with Crippen molar-refractivity contribution in [2.45, 2.75) is 44.3 Å². The van der Waals surface area contributed by atoms with E-state index in [2.05, 4.69) is 22.9 Å². The van der Waals surface area contributed by atoms with E-state index >= 15 is 0 Å². The van der Waals surface area contributed by atoms with E-state index in [-0.39, 0.29) is 16.9 Å². The van der Waals surface area contributed by atoms with Gasteiger partial charge in [-0.05, 0) is 105 Å². The molecular formula is C27H29N3O2S2. The van der Waals surface area contributed by atoms with Crippen LogP contribution in [0.25, 0.3) is 0 Å². The highest BCUT2D eigenvalue weighted by Crippen LogP contribution is 2.29. The molecule has 0 aromatic heterocycles. The highest BCUT2D eigenvalue weighted by Gasteiger charge is 2.18. The molecule has 34 heavy (non-hydrogen) atoms. The Hall–Kier alpha value is -3.16. The number of hydrogen-bond acceptors (Lipinski definition) is 4. The van der Waals surface area contributed by atoms with Crippen molar-refractivity contribution in [2.75, 3.05) is 16.0 Å². The molecule has 5 nitrogen and oxygen atoms in total. The summed E-state index contributed by atoms with van der Waals surface area (Å²) in [5, 5.41) is 9.56. The average molecular weight is 492 g/mol. The lowest BCUT2D eigenvalue weighted by molar-refractivity contribution is -0.115. The Morgan fingerprint density at radius 1 is 0.853 bits per heavy atom. The number of rotatable bonds is 8. The van der Waals surface area contributed by atoms with Crippen LogP contribution in [0.3, 0.4) is 0 Å². The number of benzene rings is 3. The Kier molecular flexibility index (Phi) is 8.85. The van der Waals surface area contributed by atoms with E-state index in [1.807, 2.05) is 68.4 Å². The van der Waals surface area contributed by atoms with Gasteiger partial charge in [-0.3, -0.25) is 9.59 Å². The molecule has 1 atom stereocenters. The van der Waals surface area contributed by atoms with Gasteiger partial charge in [0, 0.05) is 27.5 Å². The number of Topliss-reactive ketones (excluding diaryl/α,β-unsaturated/α-hetero) is 1. The number of amides is 1. The minimum atomic E-state index is -0.221. The molecule has 3 rings (SSSR count). The van der Waals surface area contributed by atoms with Gasteiger partial charge in [0.1, 0.15) is 0 Å². The van der Waals surface area contributed by atoms with Crippen molar-refractivity contribution in [3.63, 3.8) is 0 Å². The van der Waals surface area contributed by atoms with Gasteiger partial charge < -0.3 is 16.0 Å². The van der Waals surface area contributed by atoms with Gasteiger partial charge in [-0.1, -0.05) is 19.1 Å². The van der Waals surface area contributed by atoms with E-state index in [1.54, 1.807) is 12.1 Å². The minimum Gasteiger partial charge on any atom is -0.332 e. The standard InChI is InChI=1S/C27H29N3O2S2/c1-5-25(26(32)28-23-12-9-17(2)18(3)15-23)34-24-8-6-7-22(16-24)30-27(33)29-21-13-10-20(11-14-21)19(4)31/h6-16,25H,5H2,1-4H3,(H,28,32)(H2,29,30,33). The largest absolute Gasteiger partial charge is 0.332 e. The summed E-state index contributed by atoms with van der Waals surface area (Å²) in [6, 6.07) is 20.9. The molecule has 1 amide bonds. The molecule has 0 saturated carbocycles. The van der Waals surface area contributed by atoms with Crippen molar-refractivity contribution < 1.29 is 9.59 Å². The number of thiocarbonyl (C=S) groups is 1. The van der Waals surface area contributed by atoms with Crippen molar-refractivity contribution in [2.24, 2.45) is 0 Å². The summed E-state index contributed by atoms with van der Waals surface area (Å²) < 4.78 is 0. The monoisotopic (exact) mass is 491 g/mol. The predicted molar refractivity (Wildman–Crippen MR) is 147 cm³/mol. The number of ketones is 1. The fraction of sp³-hybridized carbons (Fsp3) is 0.222. The summed E-state index contributed by atoms with van der Waals surface area (Å²) in [4.78, 5) is 25.3. The number of nitrogens with one attached hydrogen (secondary N) is 3. The zero-order chi connectivity index (χ0) is 24.7. The lowest BCUT2D eigenvalue weighted by Crippen LogP contribution is -2.24. The smallest absolute Gasteiger partial charge is 0.237 e. The van der Waals surface area contributed by atoms with Crippen LogP contribution in [0, 0.1) is 13.8 Å².